The van der Waals surface area contributed by atoms with Gasteiger partial charge in [0.15, 0.2) is 0 Å². The Kier molecular flexibility index (Phi) is 5.93. The van der Waals surface area contributed by atoms with E-state index in [9.17, 15) is 4.79 Å². The van der Waals surface area contributed by atoms with Gasteiger partial charge in [0.1, 0.15) is 0 Å². The summed E-state index contributed by atoms with van der Waals surface area (Å²) in [5, 5.41) is 3.06. The maximum Gasteiger partial charge on any atom is 0.317 e. The Labute approximate surface area is 162 Å². The largest absolute Gasteiger partial charge is 0.381 e. The molecule has 0 saturated carbocycles. The molecule has 4 heterocycles. The number of hydrogen-bond donors (Lipinski definition) is 1. The lowest BCUT2D eigenvalue weighted by atomic mass is 9.79. The van der Waals surface area contributed by atoms with E-state index in [1.807, 2.05) is 17.0 Å². The van der Waals surface area contributed by atoms with Gasteiger partial charge in [-0.25, -0.2) is 4.79 Å². The monoisotopic (exact) mass is 372 g/mol. The van der Waals surface area contributed by atoms with Crippen molar-refractivity contribution in [3.8, 4) is 0 Å². The summed E-state index contributed by atoms with van der Waals surface area (Å²) in [4.78, 5) is 21.4. The molecule has 148 valence electrons. The van der Waals surface area contributed by atoms with E-state index in [4.69, 9.17) is 4.74 Å². The Hall–Kier alpha value is -1.66. The summed E-state index contributed by atoms with van der Waals surface area (Å²) in [6.45, 7) is 7.75. The van der Waals surface area contributed by atoms with Gasteiger partial charge in [-0.1, -0.05) is 6.07 Å². The summed E-state index contributed by atoms with van der Waals surface area (Å²) >= 11 is 0. The van der Waals surface area contributed by atoms with Crippen LogP contribution in [0.5, 0.6) is 0 Å². The standard InChI is InChI=1S/C21H32N4O2/c26-20(23-14-19-3-1-8-22-13-19)25-10-7-21(17-25)6-2-9-24(16-21)15-18-4-11-27-12-5-18/h1,3,8,13,18H,2,4-7,9-12,14-17H2,(H,23,26)/t21-/m1/s1. The smallest absolute Gasteiger partial charge is 0.317 e. The maximum absolute atomic E-state index is 12.6. The van der Waals surface area contributed by atoms with Crippen LogP contribution in [0.3, 0.4) is 0 Å². The van der Waals surface area contributed by atoms with Crippen molar-refractivity contribution in [1.29, 1.82) is 0 Å². The number of nitrogens with one attached hydrogen (secondary N) is 1. The number of urea groups is 1. The first-order valence-corrected chi connectivity index (χ1v) is 10.4. The molecule has 0 aromatic carbocycles. The number of likely N-dealkylation sites (tertiary alicyclic amines) is 2. The van der Waals surface area contributed by atoms with Crippen LogP contribution in [0, 0.1) is 11.3 Å². The summed E-state index contributed by atoms with van der Waals surface area (Å²) in [5.74, 6) is 0.786. The number of amides is 2. The molecule has 0 unspecified atom stereocenters. The number of pyridine rings is 1. The number of nitrogens with zero attached hydrogens (tertiary/aromatic N) is 3. The minimum absolute atomic E-state index is 0.0669. The zero-order valence-corrected chi connectivity index (χ0v) is 16.2. The lowest BCUT2D eigenvalue weighted by Crippen LogP contribution is -2.48. The molecule has 27 heavy (non-hydrogen) atoms. The normalized spacial score (nSPS) is 27.2. The fourth-order valence-electron chi connectivity index (χ4n) is 4.99. The molecule has 3 aliphatic heterocycles. The van der Waals surface area contributed by atoms with Crippen LogP contribution in [-0.4, -0.2) is 66.8 Å². The summed E-state index contributed by atoms with van der Waals surface area (Å²) in [7, 11) is 0. The Morgan fingerprint density at radius 3 is 2.96 bits per heavy atom. The third-order valence-corrected chi connectivity index (χ3v) is 6.49. The highest BCUT2D eigenvalue weighted by Gasteiger charge is 2.43. The number of piperidine rings is 1. The number of carbonyl (C=O) groups excluding carboxylic acids is 1. The fraction of sp³-hybridized carbons (Fsp3) is 0.714. The van der Waals surface area contributed by atoms with Gasteiger partial charge < -0.3 is 19.9 Å². The zero-order chi connectivity index (χ0) is 18.5. The minimum Gasteiger partial charge on any atom is -0.381 e. The molecule has 6 nitrogen and oxygen atoms in total. The Morgan fingerprint density at radius 1 is 1.26 bits per heavy atom. The quantitative estimate of drug-likeness (QED) is 0.882. The first-order chi connectivity index (χ1) is 13.2. The molecule has 0 bridgehead atoms. The summed E-state index contributed by atoms with van der Waals surface area (Å²) in [6, 6.07) is 3.97. The van der Waals surface area contributed by atoms with Crippen LogP contribution in [-0.2, 0) is 11.3 Å². The van der Waals surface area contributed by atoms with Crippen molar-refractivity contribution < 1.29 is 9.53 Å². The van der Waals surface area contributed by atoms with Crippen LogP contribution in [0.4, 0.5) is 4.79 Å². The molecule has 1 aromatic rings. The van der Waals surface area contributed by atoms with Gasteiger partial charge in [0.2, 0.25) is 0 Å². The number of hydrogen-bond acceptors (Lipinski definition) is 4. The number of aromatic nitrogens is 1. The summed E-state index contributed by atoms with van der Waals surface area (Å²) in [5.41, 5.74) is 1.34. The molecule has 1 atom stereocenters. The van der Waals surface area contributed by atoms with Crippen LogP contribution >= 0.6 is 0 Å². The van der Waals surface area contributed by atoms with Crippen molar-refractivity contribution in [1.82, 2.24) is 20.1 Å². The molecule has 2 amide bonds. The maximum atomic E-state index is 12.6. The third kappa shape index (κ3) is 4.79. The molecule has 3 fully saturated rings. The van der Waals surface area contributed by atoms with Crippen molar-refractivity contribution in [2.75, 3.05) is 45.9 Å². The van der Waals surface area contributed by atoms with Gasteiger partial charge in [0, 0.05) is 63.7 Å². The average molecular weight is 373 g/mol. The van der Waals surface area contributed by atoms with Gasteiger partial charge >= 0.3 is 6.03 Å². The second-order valence-electron chi connectivity index (χ2n) is 8.59. The van der Waals surface area contributed by atoms with Crippen LogP contribution < -0.4 is 5.32 Å². The topological polar surface area (TPSA) is 57.7 Å². The lowest BCUT2D eigenvalue weighted by molar-refractivity contribution is 0.0320. The molecular formula is C21H32N4O2. The van der Waals surface area contributed by atoms with Gasteiger partial charge in [-0.15, -0.1) is 0 Å². The second kappa shape index (κ2) is 8.57. The molecule has 1 spiro atoms. The molecule has 4 rings (SSSR count). The Balaban J connectivity index is 1.27. The van der Waals surface area contributed by atoms with Gasteiger partial charge in [-0.05, 0) is 56.2 Å². The highest BCUT2D eigenvalue weighted by molar-refractivity contribution is 5.74. The number of rotatable bonds is 4. The Bertz CT molecular complexity index is 620. The highest BCUT2D eigenvalue weighted by atomic mass is 16.5. The Morgan fingerprint density at radius 2 is 2.15 bits per heavy atom. The number of carbonyl (C=O) groups is 1. The van der Waals surface area contributed by atoms with E-state index in [-0.39, 0.29) is 6.03 Å². The first-order valence-electron chi connectivity index (χ1n) is 10.4. The molecule has 0 aliphatic carbocycles. The summed E-state index contributed by atoms with van der Waals surface area (Å²) in [6.07, 6.45) is 9.61. The highest BCUT2D eigenvalue weighted by Crippen LogP contribution is 2.39. The van der Waals surface area contributed by atoms with Crippen molar-refractivity contribution in [2.45, 2.75) is 38.6 Å². The molecule has 3 saturated heterocycles. The van der Waals surface area contributed by atoms with E-state index in [0.717, 1.165) is 50.8 Å². The van der Waals surface area contributed by atoms with E-state index >= 15 is 0 Å². The van der Waals surface area contributed by atoms with E-state index in [0.29, 0.717) is 12.0 Å². The molecule has 1 N–H and O–H groups in total. The van der Waals surface area contributed by atoms with Crippen molar-refractivity contribution >= 4 is 6.03 Å². The van der Waals surface area contributed by atoms with Crippen LogP contribution in [0.2, 0.25) is 0 Å². The lowest BCUT2D eigenvalue weighted by Gasteiger charge is -2.42. The van der Waals surface area contributed by atoms with Gasteiger partial charge in [0.25, 0.3) is 0 Å². The van der Waals surface area contributed by atoms with E-state index in [1.165, 1.54) is 38.8 Å². The summed E-state index contributed by atoms with van der Waals surface area (Å²) < 4.78 is 5.50. The molecular weight excluding hydrogens is 340 g/mol. The van der Waals surface area contributed by atoms with Crippen molar-refractivity contribution in [3.63, 3.8) is 0 Å². The second-order valence-corrected chi connectivity index (χ2v) is 8.59. The predicted octanol–water partition coefficient (Wildman–Crippen LogP) is 2.51. The third-order valence-electron chi connectivity index (χ3n) is 6.49. The van der Waals surface area contributed by atoms with Crippen LogP contribution in [0.25, 0.3) is 0 Å². The van der Waals surface area contributed by atoms with Gasteiger partial charge in [-0.3, -0.25) is 4.98 Å². The molecule has 3 aliphatic rings. The average Bonchev–Trinajstić information content (AvgIpc) is 3.11. The first kappa shape index (κ1) is 18.7. The minimum atomic E-state index is 0.0669. The van der Waals surface area contributed by atoms with Crippen molar-refractivity contribution in [3.05, 3.63) is 30.1 Å². The van der Waals surface area contributed by atoms with Crippen molar-refractivity contribution in [2.24, 2.45) is 11.3 Å². The fourth-order valence-corrected chi connectivity index (χ4v) is 4.99. The molecule has 1 aromatic heterocycles. The van der Waals surface area contributed by atoms with E-state index in [1.54, 1.807) is 12.4 Å². The van der Waals surface area contributed by atoms with E-state index in [2.05, 4.69) is 15.2 Å². The predicted molar refractivity (Wildman–Crippen MR) is 104 cm³/mol. The van der Waals surface area contributed by atoms with E-state index < -0.39 is 0 Å². The van der Waals surface area contributed by atoms with Crippen LogP contribution in [0.1, 0.15) is 37.7 Å². The molecule has 0 radical (unpaired) electrons. The zero-order valence-electron chi connectivity index (χ0n) is 16.2. The SMILES string of the molecule is O=C(NCc1cccnc1)N1CC[C@@]2(CCCN(CC3CCOCC3)C2)C1. The van der Waals surface area contributed by atoms with Crippen LogP contribution in [0.15, 0.2) is 24.5 Å². The van der Waals surface area contributed by atoms with Gasteiger partial charge in [-0.2, -0.15) is 0 Å². The number of ether oxygens (including phenoxy) is 1. The van der Waals surface area contributed by atoms with Gasteiger partial charge in [0.05, 0.1) is 0 Å². The molecule has 6 heteroatoms.